The molecule has 4 aromatic rings. The zero-order chi connectivity index (χ0) is 23.8. The van der Waals surface area contributed by atoms with Gasteiger partial charge in [-0.25, -0.2) is 4.98 Å². The molecular weight excluding hydrogens is 437 g/mol. The van der Waals surface area contributed by atoms with Crippen molar-refractivity contribution in [2.45, 2.75) is 20.3 Å². The lowest BCUT2D eigenvalue weighted by Crippen LogP contribution is -2.26. The summed E-state index contributed by atoms with van der Waals surface area (Å²) in [6.45, 7) is 4.41. The molecule has 1 aromatic carbocycles. The fraction of sp³-hybridized carbons (Fsp3) is 0.200. The number of halogens is 1. The van der Waals surface area contributed by atoms with Gasteiger partial charge in [0.1, 0.15) is 11.6 Å². The predicted molar refractivity (Wildman–Crippen MR) is 126 cm³/mol. The van der Waals surface area contributed by atoms with Crippen molar-refractivity contribution in [2.24, 2.45) is 0 Å². The summed E-state index contributed by atoms with van der Waals surface area (Å²) in [6, 6.07) is 11.9. The first-order valence-electron chi connectivity index (χ1n) is 10.9. The first-order chi connectivity index (χ1) is 16.5. The number of hydrogen-bond donors (Lipinski definition) is 1. The van der Waals surface area contributed by atoms with Gasteiger partial charge >= 0.3 is 0 Å². The number of rotatable bonds is 5. The molecule has 8 nitrogen and oxygen atoms in total. The quantitative estimate of drug-likeness (QED) is 0.275. The smallest absolute Gasteiger partial charge is 0.259 e. The Kier molecular flexibility index (Phi) is 5.45. The summed E-state index contributed by atoms with van der Waals surface area (Å²) in [4.78, 5) is 23.3. The third kappa shape index (κ3) is 3.75. The van der Waals surface area contributed by atoms with E-state index in [1.807, 2.05) is 19.1 Å². The van der Waals surface area contributed by atoms with Crippen LogP contribution >= 0.6 is 0 Å². The molecule has 0 unspecified atom stereocenters. The maximum absolute atomic E-state index is 14.0. The summed E-state index contributed by atoms with van der Waals surface area (Å²) in [6.07, 6.45) is 3.60. The van der Waals surface area contributed by atoms with Crippen molar-refractivity contribution in [3.05, 3.63) is 82.7 Å². The summed E-state index contributed by atoms with van der Waals surface area (Å²) in [5.74, 6) is 0.432. The number of ether oxygens (including phenoxy) is 1. The molecule has 9 heteroatoms. The van der Waals surface area contributed by atoms with E-state index >= 15 is 0 Å². The highest BCUT2D eigenvalue weighted by Gasteiger charge is 2.28. The second kappa shape index (κ2) is 8.58. The molecule has 1 aliphatic rings. The average Bonchev–Trinajstić information content (AvgIpc) is 2.95. The van der Waals surface area contributed by atoms with Gasteiger partial charge in [-0.05, 0) is 43.2 Å². The lowest BCUT2D eigenvalue weighted by molar-refractivity contribution is -0.577. The number of hydrogen-bond acceptors (Lipinski definition) is 6. The van der Waals surface area contributed by atoms with Crippen LogP contribution in [-0.4, -0.2) is 29.0 Å². The number of fused-ring (bicyclic) bond motifs is 3. The molecule has 34 heavy (non-hydrogen) atoms. The van der Waals surface area contributed by atoms with Crippen molar-refractivity contribution in [3.63, 3.8) is 0 Å². The largest absolute Gasteiger partial charge is 0.618 e. The van der Waals surface area contributed by atoms with Crippen LogP contribution < -0.4 is 19.7 Å². The number of aromatic nitrogens is 3. The molecule has 3 aromatic heterocycles. The number of amides is 1. The minimum Gasteiger partial charge on any atom is -0.618 e. The van der Waals surface area contributed by atoms with Crippen molar-refractivity contribution < 1.29 is 18.7 Å². The van der Waals surface area contributed by atoms with Crippen LogP contribution in [0.25, 0.3) is 10.9 Å². The Hall–Kier alpha value is -4.27. The van der Waals surface area contributed by atoms with Crippen LogP contribution in [-0.2, 0) is 6.42 Å². The zero-order valence-corrected chi connectivity index (χ0v) is 18.7. The molecule has 0 bridgehead atoms. The first kappa shape index (κ1) is 21.6. The Morgan fingerprint density at radius 1 is 1.21 bits per heavy atom. The maximum atomic E-state index is 14.0. The molecule has 0 fully saturated rings. The van der Waals surface area contributed by atoms with Crippen molar-refractivity contribution in [3.8, 4) is 5.75 Å². The van der Waals surface area contributed by atoms with E-state index in [1.54, 1.807) is 42.3 Å². The molecule has 0 spiro atoms. The normalized spacial score (nSPS) is 12.7. The van der Waals surface area contributed by atoms with Crippen LogP contribution in [0.5, 0.6) is 5.75 Å². The standard InChI is InChI=1S/C25H22FN5O3/c1-3-30-23-18(25(32)29-22-15(2)12-21(26)28-24(22)30)13-16(14-27-23)9-11-34-20-8-10-31(33)19-7-5-4-6-17(19)20/h4-8,10,12-14H,3,9,11H2,1-2H3,(H,29,32). The van der Waals surface area contributed by atoms with E-state index in [1.165, 1.54) is 12.3 Å². The van der Waals surface area contributed by atoms with Crippen LogP contribution in [0.2, 0.25) is 0 Å². The van der Waals surface area contributed by atoms with E-state index in [0.29, 0.717) is 59.3 Å². The lowest BCUT2D eigenvalue weighted by Gasteiger charge is -2.22. The Morgan fingerprint density at radius 3 is 2.85 bits per heavy atom. The van der Waals surface area contributed by atoms with Gasteiger partial charge in [-0.2, -0.15) is 14.1 Å². The third-order valence-electron chi connectivity index (χ3n) is 5.82. The Labute approximate surface area is 195 Å². The van der Waals surface area contributed by atoms with E-state index in [9.17, 15) is 14.4 Å². The van der Waals surface area contributed by atoms with E-state index in [2.05, 4.69) is 15.3 Å². The van der Waals surface area contributed by atoms with E-state index < -0.39 is 5.95 Å². The number of benzene rings is 1. The van der Waals surface area contributed by atoms with Gasteiger partial charge in [0, 0.05) is 31.3 Å². The van der Waals surface area contributed by atoms with Crippen molar-refractivity contribution in [2.75, 3.05) is 23.4 Å². The summed E-state index contributed by atoms with van der Waals surface area (Å²) < 4.78 is 20.8. The van der Waals surface area contributed by atoms with E-state index in [-0.39, 0.29) is 5.91 Å². The van der Waals surface area contributed by atoms with Crippen molar-refractivity contribution >= 4 is 34.1 Å². The molecule has 5 rings (SSSR count). The SMILES string of the molecule is CCN1c2ncc(CCOc3cc[n+]([O-])c4ccccc34)cc2C(=O)Nc2c(C)cc(F)nc21. The molecule has 0 saturated heterocycles. The molecule has 1 aliphatic heterocycles. The molecule has 4 heterocycles. The van der Waals surface area contributed by atoms with Gasteiger partial charge in [0.15, 0.2) is 12.0 Å². The van der Waals surface area contributed by atoms with Crippen LogP contribution in [0.15, 0.2) is 54.9 Å². The summed E-state index contributed by atoms with van der Waals surface area (Å²) in [5, 5.41) is 15.6. The highest BCUT2D eigenvalue weighted by atomic mass is 19.1. The third-order valence-corrected chi connectivity index (χ3v) is 5.82. The number of nitrogens with zero attached hydrogens (tertiary/aromatic N) is 4. The average molecular weight is 459 g/mol. The van der Waals surface area contributed by atoms with Gasteiger partial charge in [0.25, 0.3) is 5.91 Å². The molecule has 0 atom stereocenters. The van der Waals surface area contributed by atoms with Gasteiger partial charge in [-0.3, -0.25) is 4.79 Å². The minimum absolute atomic E-state index is 0.326. The molecule has 0 aliphatic carbocycles. The minimum atomic E-state index is -0.614. The number of carbonyl (C=O) groups is 1. The number of para-hydroxylation sites is 1. The van der Waals surface area contributed by atoms with Crippen LogP contribution in [0, 0.1) is 18.1 Å². The second-order valence-corrected chi connectivity index (χ2v) is 7.99. The van der Waals surface area contributed by atoms with Crippen molar-refractivity contribution in [1.29, 1.82) is 0 Å². The molecule has 1 amide bonds. The summed E-state index contributed by atoms with van der Waals surface area (Å²) in [7, 11) is 0. The summed E-state index contributed by atoms with van der Waals surface area (Å²) in [5.41, 5.74) is 2.79. The lowest BCUT2D eigenvalue weighted by atomic mass is 10.1. The number of aryl methyl sites for hydroxylation is 1. The number of anilines is 3. The Balaban J connectivity index is 1.40. The predicted octanol–water partition coefficient (Wildman–Crippen LogP) is 4.06. The monoisotopic (exact) mass is 459 g/mol. The van der Waals surface area contributed by atoms with Gasteiger partial charge in [-0.15, -0.1) is 0 Å². The van der Waals surface area contributed by atoms with Gasteiger partial charge in [0.2, 0.25) is 11.5 Å². The molecule has 172 valence electrons. The maximum Gasteiger partial charge on any atom is 0.259 e. The highest BCUT2D eigenvalue weighted by Crippen LogP contribution is 2.37. The molecular formula is C25H22FN5O3. The van der Waals surface area contributed by atoms with Crippen LogP contribution in [0.3, 0.4) is 0 Å². The van der Waals surface area contributed by atoms with Crippen LogP contribution in [0.1, 0.15) is 28.4 Å². The molecule has 0 radical (unpaired) electrons. The molecule has 0 saturated carbocycles. The first-order valence-corrected chi connectivity index (χ1v) is 10.9. The van der Waals surface area contributed by atoms with Gasteiger partial charge in [-0.1, -0.05) is 12.1 Å². The fourth-order valence-electron chi connectivity index (χ4n) is 4.15. The van der Waals surface area contributed by atoms with E-state index in [4.69, 9.17) is 4.74 Å². The van der Waals surface area contributed by atoms with Gasteiger partial charge < -0.3 is 20.2 Å². The Morgan fingerprint density at radius 2 is 2.03 bits per heavy atom. The second-order valence-electron chi connectivity index (χ2n) is 7.99. The van der Waals surface area contributed by atoms with E-state index in [0.717, 1.165) is 15.7 Å². The highest BCUT2D eigenvalue weighted by molar-refractivity contribution is 6.11. The molecule has 1 N–H and O–H groups in total. The van der Waals surface area contributed by atoms with Crippen LogP contribution in [0.4, 0.5) is 21.7 Å². The van der Waals surface area contributed by atoms with Gasteiger partial charge in [0.05, 0.1) is 23.2 Å². The Bertz CT molecular complexity index is 1430. The number of carbonyl (C=O) groups excluding carboxylic acids is 1. The topological polar surface area (TPSA) is 94.3 Å². The fourth-order valence-corrected chi connectivity index (χ4v) is 4.15. The summed E-state index contributed by atoms with van der Waals surface area (Å²) >= 11 is 0. The zero-order valence-electron chi connectivity index (χ0n) is 18.7. The van der Waals surface area contributed by atoms with Crippen molar-refractivity contribution in [1.82, 2.24) is 9.97 Å². The number of pyridine rings is 3. The number of nitrogens with one attached hydrogen (secondary N) is 1.